The Morgan fingerprint density at radius 2 is 2.10 bits per heavy atom. The van der Waals surface area contributed by atoms with Crippen molar-refractivity contribution in [2.75, 3.05) is 6.61 Å². The summed E-state index contributed by atoms with van der Waals surface area (Å²) in [6.07, 6.45) is 0. The van der Waals surface area contributed by atoms with Crippen LogP contribution < -0.4 is 4.72 Å². The molecule has 8 heteroatoms. The smallest absolute Gasteiger partial charge is 0.352 e. The van der Waals surface area contributed by atoms with Crippen molar-refractivity contribution in [2.24, 2.45) is 0 Å². The summed E-state index contributed by atoms with van der Waals surface area (Å²) in [6.45, 7) is 6.78. The Kier molecular flexibility index (Phi) is 6.33. The second-order valence-corrected chi connectivity index (χ2v) is 7.93. The molecule has 0 bridgehead atoms. The quantitative estimate of drug-likeness (QED) is 0.769. The minimum Gasteiger partial charge on any atom is -0.463 e. The fourth-order valence-corrected chi connectivity index (χ4v) is 3.70. The van der Waals surface area contributed by atoms with Crippen molar-refractivity contribution >= 4 is 27.3 Å². The molecule has 0 aliphatic carbocycles. The number of carbonyl (C=O) groups excluding carboxylic acids is 1. The van der Waals surface area contributed by atoms with E-state index in [0.717, 1.165) is 5.56 Å². The number of carbonyl (C=O) groups is 1. The fourth-order valence-electron chi connectivity index (χ4n) is 1.52. The van der Waals surface area contributed by atoms with Crippen molar-refractivity contribution in [2.45, 2.75) is 45.3 Å². The summed E-state index contributed by atoms with van der Waals surface area (Å²) >= 11 is 1.47. The molecule has 0 aliphatic rings. The van der Waals surface area contributed by atoms with Gasteiger partial charge >= 0.3 is 5.97 Å². The van der Waals surface area contributed by atoms with Gasteiger partial charge in [0.2, 0.25) is 0 Å². The van der Waals surface area contributed by atoms with Gasteiger partial charge in [-0.25, -0.2) is 17.9 Å². The van der Waals surface area contributed by atoms with Gasteiger partial charge in [-0.1, -0.05) is 0 Å². The zero-order valence-electron chi connectivity index (χ0n) is 12.6. The third-order valence-electron chi connectivity index (χ3n) is 2.19. The summed E-state index contributed by atoms with van der Waals surface area (Å²) in [5.74, 6) is -0.913. The number of nitrogens with one attached hydrogen (secondary N) is 1. The maximum absolute atomic E-state index is 12.3. The first-order valence-electron chi connectivity index (χ1n) is 6.48. The molecule has 1 aromatic rings. The summed E-state index contributed by atoms with van der Waals surface area (Å²) in [4.78, 5) is 11.9. The Labute approximate surface area is 129 Å². The van der Waals surface area contributed by atoms with Crippen LogP contribution in [0, 0.1) is 0 Å². The number of sulfonamides is 1. The zero-order valence-corrected chi connectivity index (χ0v) is 14.2. The topological polar surface area (TPSA) is 81.7 Å². The van der Waals surface area contributed by atoms with Gasteiger partial charge in [0, 0.05) is 5.54 Å². The largest absolute Gasteiger partial charge is 0.463 e. The average Bonchev–Trinajstić information content (AvgIpc) is 2.78. The number of esters is 1. The SMILES string of the molecule is CCOC(=O)C(OCc1ccsc1)S(=O)(=O)NC(C)(C)C. The van der Waals surface area contributed by atoms with E-state index in [4.69, 9.17) is 9.47 Å². The minimum atomic E-state index is -4.00. The molecule has 0 amide bonds. The highest BCUT2D eigenvalue weighted by Crippen LogP contribution is 2.14. The van der Waals surface area contributed by atoms with Gasteiger partial charge in [0.1, 0.15) is 0 Å². The standard InChI is InChI=1S/C13H21NO5S2/c1-5-18-11(15)12(19-8-10-6-7-20-9-10)21(16,17)14-13(2,3)4/h6-7,9,12,14H,5,8H2,1-4H3. The molecule has 0 aromatic carbocycles. The van der Waals surface area contributed by atoms with Crippen LogP contribution in [-0.4, -0.2) is 32.0 Å². The Hall–Kier alpha value is -0.960. The number of hydrogen-bond acceptors (Lipinski definition) is 6. The molecule has 1 unspecified atom stereocenters. The fraction of sp³-hybridized carbons (Fsp3) is 0.615. The van der Waals surface area contributed by atoms with Gasteiger partial charge in [-0.15, -0.1) is 0 Å². The number of hydrogen-bond donors (Lipinski definition) is 1. The molecule has 21 heavy (non-hydrogen) atoms. The monoisotopic (exact) mass is 335 g/mol. The lowest BCUT2D eigenvalue weighted by Crippen LogP contribution is -2.49. The van der Waals surface area contributed by atoms with E-state index >= 15 is 0 Å². The normalized spacial score (nSPS) is 13.9. The molecule has 0 radical (unpaired) electrons. The maximum Gasteiger partial charge on any atom is 0.352 e. The van der Waals surface area contributed by atoms with Crippen molar-refractivity contribution < 1.29 is 22.7 Å². The van der Waals surface area contributed by atoms with Crippen LogP contribution in [0.2, 0.25) is 0 Å². The zero-order chi connectivity index (χ0) is 16.1. The molecule has 1 atom stereocenters. The summed E-state index contributed by atoms with van der Waals surface area (Å²) in [6, 6.07) is 1.80. The van der Waals surface area contributed by atoms with Crippen LogP contribution >= 0.6 is 11.3 Å². The van der Waals surface area contributed by atoms with Crippen molar-refractivity contribution in [1.29, 1.82) is 0 Å². The molecule has 6 nitrogen and oxygen atoms in total. The first-order chi connectivity index (χ1) is 9.65. The Balaban J connectivity index is 2.88. The first kappa shape index (κ1) is 18.1. The molecule has 0 spiro atoms. The lowest BCUT2D eigenvalue weighted by Gasteiger charge is -2.24. The first-order valence-corrected chi connectivity index (χ1v) is 8.97. The second kappa shape index (κ2) is 7.35. The van der Waals surface area contributed by atoms with Gasteiger partial charge in [0.05, 0.1) is 13.2 Å². The Morgan fingerprint density at radius 3 is 2.57 bits per heavy atom. The summed E-state index contributed by atoms with van der Waals surface area (Å²) in [5.41, 5.74) is -1.59. The second-order valence-electron chi connectivity index (χ2n) is 5.42. The van der Waals surface area contributed by atoms with E-state index in [-0.39, 0.29) is 13.2 Å². The van der Waals surface area contributed by atoms with Crippen molar-refractivity contribution in [3.8, 4) is 0 Å². The number of rotatable bonds is 7. The third kappa shape index (κ3) is 6.13. The molecule has 0 aliphatic heterocycles. The van der Waals surface area contributed by atoms with Crippen molar-refractivity contribution in [3.05, 3.63) is 22.4 Å². The van der Waals surface area contributed by atoms with Gasteiger partial charge in [-0.3, -0.25) is 0 Å². The van der Waals surface area contributed by atoms with Gasteiger partial charge in [-0.05, 0) is 50.1 Å². The lowest BCUT2D eigenvalue weighted by atomic mass is 10.1. The van der Waals surface area contributed by atoms with Crippen LogP contribution in [0.25, 0.3) is 0 Å². The van der Waals surface area contributed by atoms with E-state index in [1.54, 1.807) is 33.8 Å². The van der Waals surface area contributed by atoms with Crippen LogP contribution in [0.5, 0.6) is 0 Å². The van der Waals surface area contributed by atoms with Gasteiger partial charge < -0.3 is 9.47 Å². The summed E-state index contributed by atoms with van der Waals surface area (Å²) in [7, 11) is -4.00. The molecular formula is C13H21NO5S2. The molecule has 1 aromatic heterocycles. The highest BCUT2D eigenvalue weighted by atomic mass is 32.2. The number of thiophene rings is 1. The van der Waals surface area contributed by atoms with E-state index in [2.05, 4.69) is 4.72 Å². The average molecular weight is 335 g/mol. The third-order valence-corrected chi connectivity index (χ3v) is 4.71. The van der Waals surface area contributed by atoms with Crippen molar-refractivity contribution in [3.63, 3.8) is 0 Å². The van der Waals surface area contributed by atoms with E-state index in [0.29, 0.717) is 0 Å². The molecule has 0 saturated carbocycles. The minimum absolute atomic E-state index is 0.0258. The van der Waals surface area contributed by atoms with Crippen LogP contribution in [-0.2, 0) is 30.9 Å². The Morgan fingerprint density at radius 1 is 1.43 bits per heavy atom. The molecule has 120 valence electrons. The van der Waals surface area contributed by atoms with Gasteiger partial charge in [0.25, 0.3) is 15.5 Å². The van der Waals surface area contributed by atoms with E-state index in [1.165, 1.54) is 11.3 Å². The van der Waals surface area contributed by atoms with Crippen LogP contribution in [0.4, 0.5) is 0 Å². The summed E-state index contributed by atoms with van der Waals surface area (Å²) < 4.78 is 37.1. The molecule has 0 saturated heterocycles. The maximum atomic E-state index is 12.3. The highest BCUT2D eigenvalue weighted by Gasteiger charge is 2.37. The highest BCUT2D eigenvalue weighted by molar-refractivity contribution is 7.90. The molecule has 1 rings (SSSR count). The van der Waals surface area contributed by atoms with Crippen LogP contribution in [0.15, 0.2) is 16.8 Å². The Bertz CT molecular complexity index is 546. The molecular weight excluding hydrogens is 314 g/mol. The molecule has 0 fully saturated rings. The predicted octanol–water partition coefficient (Wildman–Crippen LogP) is 1.87. The van der Waals surface area contributed by atoms with E-state index in [9.17, 15) is 13.2 Å². The summed E-state index contributed by atoms with van der Waals surface area (Å²) in [5, 5.41) is 3.67. The lowest BCUT2D eigenvalue weighted by molar-refractivity contribution is -0.151. The van der Waals surface area contributed by atoms with Crippen LogP contribution in [0.3, 0.4) is 0 Å². The van der Waals surface area contributed by atoms with Gasteiger partial charge in [0.15, 0.2) is 0 Å². The van der Waals surface area contributed by atoms with Gasteiger partial charge in [-0.2, -0.15) is 11.3 Å². The molecule has 1 heterocycles. The van der Waals surface area contributed by atoms with Crippen molar-refractivity contribution in [1.82, 2.24) is 4.72 Å². The number of ether oxygens (including phenoxy) is 2. The van der Waals surface area contributed by atoms with E-state index < -0.39 is 27.0 Å². The van der Waals surface area contributed by atoms with Crippen LogP contribution in [0.1, 0.15) is 33.3 Å². The predicted molar refractivity (Wildman–Crippen MR) is 81.3 cm³/mol. The molecule has 1 N–H and O–H groups in total. The van der Waals surface area contributed by atoms with E-state index in [1.807, 2.05) is 10.8 Å².